The number of morpholine rings is 1. The van der Waals surface area contributed by atoms with Crippen LogP contribution in [0.1, 0.15) is 31.2 Å². The van der Waals surface area contributed by atoms with E-state index in [-0.39, 0.29) is 0 Å². The van der Waals surface area contributed by atoms with Crippen LogP contribution in [-0.4, -0.2) is 50.0 Å². The Morgan fingerprint density at radius 1 is 1.08 bits per heavy atom. The first-order valence-corrected chi connectivity index (χ1v) is 9.30. The topological polar surface area (TPSA) is 34.8 Å². The third kappa shape index (κ3) is 3.51. The van der Waals surface area contributed by atoms with Gasteiger partial charge in [-0.1, -0.05) is 25.0 Å². The van der Waals surface area contributed by atoms with Gasteiger partial charge in [-0.3, -0.25) is 4.90 Å². The Bertz CT molecular complexity index is 647. The fourth-order valence-electron chi connectivity index (χ4n) is 4.19. The third-order valence-electron chi connectivity index (χ3n) is 5.47. The minimum absolute atomic E-state index is 0.375. The van der Waals surface area contributed by atoms with Gasteiger partial charge in [0.15, 0.2) is 0 Å². The summed E-state index contributed by atoms with van der Waals surface area (Å²) in [6.07, 6.45) is 8.17. The Morgan fingerprint density at radius 2 is 1.96 bits per heavy atom. The second-order valence-electron chi connectivity index (χ2n) is 6.91. The normalized spacial score (nSPS) is 26.0. The van der Waals surface area contributed by atoms with Crippen molar-refractivity contribution in [2.45, 2.75) is 44.2 Å². The summed E-state index contributed by atoms with van der Waals surface area (Å²) in [6, 6.07) is 8.91. The molecule has 4 heteroatoms. The van der Waals surface area contributed by atoms with Gasteiger partial charge in [-0.25, -0.2) is 0 Å². The van der Waals surface area contributed by atoms with E-state index in [2.05, 4.69) is 23.1 Å². The molecule has 1 aliphatic carbocycles. The number of furan rings is 1. The van der Waals surface area contributed by atoms with E-state index in [0.29, 0.717) is 12.1 Å². The summed E-state index contributed by atoms with van der Waals surface area (Å²) in [5, 5.41) is 1.22. The lowest BCUT2D eigenvalue weighted by Gasteiger charge is -2.41. The predicted molar refractivity (Wildman–Crippen MR) is 94.3 cm³/mol. The van der Waals surface area contributed by atoms with Crippen LogP contribution in [0.2, 0.25) is 0 Å². The van der Waals surface area contributed by atoms with Crippen LogP contribution in [0.3, 0.4) is 0 Å². The minimum Gasteiger partial charge on any atom is -0.464 e. The lowest BCUT2D eigenvalue weighted by atomic mass is 9.91. The molecule has 1 aliphatic heterocycles. The number of ether oxygens (including phenoxy) is 2. The van der Waals surface area contributed by atoms with Crippen molar-refractivity contribution in [2.75, 3.05) is 32.9 Å². The van der Waals surface area contributed by atoms with Gasteiger partial charge in [0.05, 0.1) is 32.2 Å². The van der Waals surface area contributed by atoms with E-state index in [0.717, 1.165) is 44.9 Å². The standard InChI is InChI=1S/C20H27NO3/c1-2-6-20(18(5-1)21-10-14-22-15-11-21)24-12-8-16-4-3-7-19-17(16)9-13-23-19/h3-4,7,9,13,18,20H,1-2,5-6,8,10-12,14-15H2/t18-,20-/m0/s1. The average molecular weight is 329 g/mol. The van der Waals surface area contributed by atoms with Crippen LogP contribution in [0.25, 0.3) is 11.0 Å². The first-order valence-electron chi connectivity index (χ1n) is 9.30. The Balaban J connectivity index is 1.36. The molecular weight excluding hydrogens is 302 g/mol. The summed E-state index contributed by atoms with van der Waals surface area (Å²) in [7, 11) is 0. The Labute approximate surface area is 143 Å². The summed E-state index contributed by atoms with van der Waals surface area (Å²) in [6.45, 7) is 4.63. The van der Waals surface area contributed by atoms with Gasteiger partial charge in [0.25, 0.3) is 0 Å². The second-order valence-corrected chi connectivity index (χ2v) is 6.91. The van der Waals surface area contributed by atoms with Crippen molar-refractivity contribution in [2.24, 2.45) is 0 Å². The first-order chi connectivity index (χ1) is 11.9. The average Bonchev–Trinajstić information content (AvgIpc) is 3.12. The van der Waals surface area contributed by atoms with Crippen molar-refractivity contribution < 1.29 is 13.9 Å². The maximum Gasteiger partial charge on any atom is 0.134 e. The molecule has 2 atom stereocenters. The van der Waals surface area contributed by atoms with Gasteiger partial charge < -0.3 is 13.9 Å². The van der Waals surface area contributed by atoms with E-state index >= 15 is 0 Å². The number of hydrogen-bond acceptors (Lipinski definition) is 4. The third-order valence-corrected chi connectivity index (χ3v) is 5.47. The molecule has 0 spiro atoms. The van der Waals surface area contributed by atoms with Crippen LogP contribution in [0.5, 0.6) is 0 Å². The molecule has 1 aromatic carbocycles. The van der Waals surface area contributed by atoms with Crippen molar-refractivity contribution in [3.05, 3.63) is 36.1 Å². The highest BCUT2D eigenvalue weighted by atomic mass is 16.5. The minimum atomic E-state index is 0.375. The van der Waals surface area contributed by atoms with Gasteiger partial charge in [-0.05, 0) is 37.0 Å². The van der Waals surface area contributed by atoms with Crippen LogP contribution in [0, 0.1) is 0 Å². The van der Waals surface area contributed by atoms with Crippen molar-refractivity contribution in [3.8, 4) is 0 Å². The number of nitrogens with zero attached hydrogens (tertiary/aromatic N) is 1. The molecule has 2 fully saturated rings. The van der Waals surface area contributed by atoms with E-state index in [4.69, 9.17) is 13.9 Å². The molecule has 0 N–H and O–H groups in total. The molecule has 130 valence electrons. The zero-order valence-corrected chi connectivity index (χ0v) is 14.3. The van der Waals surface area contributed by atoms with Gasteiger partial charge in [-0.2, -0.15) is 0 Å². The van der Waals surface area contributed by atoms with Crippen molar-refractivity contribution >= 4 is 11.0 Å². The summed E-state index contributed by atoms with van der Waals surface area (Å²) in [5.74, 6) is 0. The lowest BCUT2D eigenvalue weighted by Crippen LogP contribution is -2.51. The number of fused-ring (bicyclic) bond motifs is 1. The van der Waals surface area contributed by atoms with Gasteiger partial charge in [0, 0.05) is 24.5 Å². The van der Waals surface area contributed by atoms with E-state index in [1.165, 1.54) is 36.6 Å². The number of benzene rings is 1. The first kappa shape index (κ1) is 16.1. The fraction of sp³-hybridized carbons (Fsp3) is 0.600. The summed E-state index contributed by atoms with van der Waals surface area (Å²) in [5.41, 5.74) is 2.29. The molecule has 1 saturated heterocycles. The van der Waals surface area contributed by atoms with Crippen molar-refractivity contribution in [1.82, 2.24) is 4.90 Å². The molecular formula is C20H27NO3. The Morgan fingerprint density at radius 3 is 2.88 bits per heavy atom. The monoisotopic (exact) mass is 329 g/mol. The number of hydrogen-bond donors (Lipinski definition) is 0. The van der Waals surface area contributed by atoms with E-state index in [9.17, 15) is 0 Å². The molecule has 24 heavy (non-hydrogen) atoms. The molecule has 2 heterocycles. The summed E-state index contributed by atoms with van der Waals surface area (Å²) < 4.78 is 17.4. The lowest BCUT2D eigenvalue weighted by molar-refractivity contribution is -0.0647. The predicted octanol–water partition coefficient (Wildman–Crippen LogP) is 3.64. The molecule has 0 radical (unpaired) electrons. The van der Waals surface area contributed by atoms with Gasteiger partial charge in [0.1, 0.15) is 5.58 Å². The molecule has 4 rings (SSSR count). The van der Waals surface area contributed by atoms with Crippen molar-refractivity contribution in [3.63, 3.8) is 0 Å². The zero-order valence-electron chi connectivity index (χ0n) is 14.3. The van der Waals surface area contributed by atoms with Crippen LogP contribution >= 0.6 is 0 Å². The molecule has 0 amide bonds. The molecule has 2 aromatic rings. The zero-order chi connectivity index (χ0) is 16.2. The smallest absolute Gasteiger partial charge is 0.134 e. The summed E-state index contributed by atoms with van der Waals surface area (Å²) >= 11 is 0. The van der Waals surface area contributed by atoms with Gasteiger partial charge in [0.2, 0.25) is 0 Å². The summed E-state index contributed by atoms with van der Waals surface area (Å²) in [4.78, 5) is 2.59. The highest BCUT2D eigenvalue weighted by molar-refractivity contribution is 5.80. The van der Waals surface area contributed by atoms with Crippen LogP contribution in [0.4, 0.5) is 0 Å². The van der Waals surface area contributed by atoms with Gasteiger partial charge >= 0.3 is 0 Å². The number of rotatable bonds is 5. The molecule has 4 nitrogen and oxygen atoms in total. The quantitative estimate of drug-likeness (QED) is 0.839. The highest BCUT2D eigenvalue weighted by Crippen LogP contribution is 2.27. The molecule has 1 saturated carbocycles. The molecule has 0 unspecified atom stereocenters. The SMILES string of the molecule is c1cc(CCO[C@H]2CCCC[C@@H]2N2CCOCC2)c2ccoc2c1. The largest absolute Gasteiger partial charge is 0.464 e. The van der Waals surface area contributed by atoms with Gasteiger partial charge in [-0.15, -0.1) is 0 Å². The van der Waals surface area contributed by atoms with Crippen molar-refractivity contribution in [1.29, 1.82) is 0 Å². The van der Waals surface area contributed by atoms with Crippen LogP contribution in [-0.2, 0) is 15.9 Å². The van der Waals surface area contributed by atoms with Crippen LogP contribution < -0.4 is 0 Å². The fourth-order valence-corrected chi connectivity index (χ4v) is 4.19. The molecule has 0 bridgehead atoms. The van der Waals surface area contributed by atoms with E-state index in [1.807, 2.05) is 6.07 Å². The Hall–Kier alpha value is -1.36. The van der Waals surface area contributed by atoms with Crippen LogP contribution in [0.15, 0.2) is 34.9 Å². The second kappa shape index (κ2) is 7.68. The Kier molecular flexibility index (Phi) is 5.16. The molecule has 2 aliphatic rings. The van der Waals surface area contributed by atoms with E-state index < -0.39 is 0 Å². The maximum atomic E-state index is 6.37. The van der Waals surface area contributed by atoms with E-state index in [1.54, 1.807) is 6.26 Å². The maximum absolute atomic E-state index is 6.37. The highest BCUT2D eigenvalue weighted by Gasteiger charge is 2.31. The molecule has 1 aromatic heterocycles.